The summed E-state index contributed by atoms with van der Waals surface area (Å²) in [5.41, 5.74) is 1.43. The highest BCUT2D eigenvalue weighted by molar-refractivity contribution is 6.20. The molecule has 136 valence electrons. The van der Waals surface area contributed by atoms with Crippen molar-refractivity contribution in [3.05, 3.63) is 65.5 Å². The summed E-state index contributed by atoms with van der Waals surface area (Å²) >= 11 is 0. The Balaban J connectivity index is 1.85. The molecule has 6 heteroatoms. The highest BCUT2D eigenvalue weighted by atomic mass is 19.1. The van der Waals surface area contributed by atoms with Gasteiger partial charge in [0.1, 0.15) is 5.82 Å². The fourth-order valence-corrected chi connectivity index (χ4v) is 2.95. The van der Waals surface area contributed by atoms with Crippen molar-refractivity contribution in [3.8, 4) is 12.3 Å². The first-order valence-electron chi connectivity index (χ1n) is 8.42. The summed E-state index contributed by atoms with van der Waals surface area (Å²) in [7, 11) is 0. The van der Waals surface area contributed by atoms with Crippen LogP contribution in [0.1, 0.15) is 28.8 Å². The highest BCUT2D eigenvalue weighted by Gasteiger charge is 2.30. The van der Waals surface area contributed by atoms with Crippen molar-refractivity contribution >= 4 is 23.4 Å². The van der Waals surface area contributed by atoms with E-state index in [0.29, 0.717) is 11.3 Å². The summed E-state index contributed by atoms with van der Waals surface area (Å²) in [6, 6.07) is 12.2. The van der Waals surface area contributed by atoms with E-state index in [2.05, 4.69) is 5.92 Å². The molecule has 0 spiro atoms. The number of nitrogens with zero attached hydrogens (tertiary/aromatic N) is 2. The van der Waals surface area contributed by atoms with Crippen LogP contribution in [0.4, 0.5) is 10.1 Å². The Labute approximate surface area is 156 Å². The van der Waals surface area contributed by atoms with E-state index in [1.165, 1.54) is 23.1 Å². The maximum absolute atomic E-state index is 13.1. The number of halogens is 1. The zero-order valence-corrected chi connectivity index (χ0v) is 14.5. The molecule has 0 radical (unpaired) electrons. The number of amides is 3. The second-order valence-electron chi connectivity index (χ2n) is 6.17. The zero-order valence-electron chi connectivity index (χ0n) is 14.5. The molecule has 3 amide bonds. The van der Waals surface area contributed by atoms with E-state index in [-0.39, 0.29) is 49.5 Å². The molecule has 0 saturated carbocycles. The predicted octanol–water partition coefficient (Wildman–Crippen LogP) is 2.75. The Hall–Kier alpha value is -3.46. The van der Waals surface area contributed by atoms with E-state index in [4.69, 9.17) is 6.42 Å². The summed E-state index contributed by atoms with van der Waals surface area (Å²) in [6.07, 6.45) is 5.73. The van der Waals surface area contributed by atoms with Crippen molar-refractivity contribution in [3.63, 3.8) is 0 Å². The maximum atomic E-state index is 13.1. The first-order chi connectivity index (χ1) is 13.0. The molecular formula is C21H17FN2O3. The summed E-state index contributed by atoms with van der Waals surface area (Å²) in [6.45, 7) is 0.289. The van der Waals surface area contributed by atoms with Crippen molar-refractivity contribution < 1.29 is 18.8 Å². The third kappa shape index (κ3) is 4.04. The van der Waals surface area contributed by atoms with Gasteiger partial charge in [0, 0.05) is 24.9 Å². The normalized spacial score (nSPS) is 13.6. The Kier molecular flexibility index (Phi) is 5.32. The van der Waals surface area contributed by atoms with Crippen LogP contribution in [0.15, 0.2) is 48.5 Å². The predicted molar refractivity (Wildman–Crippen MR) is 98.1 cm³/mol. The van der Waals surface area contributed by atoms with Gasteiger partial charge in [0.15, 0.2) is 0 Å². The second-order valence-corrected chi connectivity index (χ2v) is 6.17. The van der Waals surface area contributed by atoms with Gasteiger partial charge in [-0.3, -0.25) is 19.3 Å². The van der Waals surface area contributed by atoms with Gasteiger partial charge in [-0.05, 0) is 35.9 Å². The third-order valence-corrected chi connectivity index (χ3v) is 4.26. The van der Waals surface area contributed by atoms with Crippen LogP contribution in [0, 0.1) is 18.2 Å². The third-order valence-electron chi connectivity index (χ3n) is 4.26. The minimum Gasteiger partial charge on any atom is -0.323 e. The van der Waals surface area contributed by atoms with E-state index < -0.39 is 0 Å². The van der Waals surface area contributed by atoms with Crippen molar-refractivity contribution in [2.45, 2.75) is 19.4 Å². The van der Waals surface area contributed by atoms with Gasteiger partial charge in [-0.15, -0.1) is 6.42 Å². The molecule has 1 fully saturated rings. The summed E-state index contributed by atoms with van der Waals surface area (Å²) in [5, 5.41) is 0. The first kappa shape index (κ1) is 18.3. The minimum atomic E-state index is -0.360. The molecule has 2 aromatic carbocycles. The van der Waals surface area contributed by atoms with Gasteiger partial charge in [-0.2, -0.15) is 0 Å². The van der Waals surface area contributed by atoms with Gasteiger partial charge >= 0.3 is 0 Å². The van der Waals surface area contributed by atoms with E-state index >= 15 is 0 Å². The summed E-state index contributed by atoms with van der Waals surface area (Å²) in [5.74, 6) is 1.19. The monoisotopic (exact) mass is 364 g/mol. The van der Waals surface area contributed by atoms with Crippen molar-refractivity contribution in [1.29, 1.82) is 0 Å². The highest BCUT2D eigenvalue weighted by Crippen LogP contribution is 2.24. The fraction of sp³-hybridized carbons (Fsp3) is 0.190. The maximum Gasteiger partial charge on any atom is 0.255 e. The minimum absolute atomic E-state index is 0.0714. The average Bonchev–Trinajstić information content (AvgIpc) is 3.01. The number of hydrogen-bond donors (Lipinski definition) is 0. The zero-order chi connectivity index (χ0) is 19.4. The molecule has 5 nitrogen and oxygen atoms in total. The van der Waals surface area contributed by atoms with Gasteiger partial charge in [0.05, 0.1) is 12.2 Å². The van der Waals surface area contributed by atoms with E-state index in [1.54, 1.807) is 30.3 Å². The molecule has 2 aromatic rings. The van der Waals surface area contributed by atoms with Crippen LogP contribution in [-0.4, -0.2) is 29.2 Å². The van der Waals surface area contributed by atoms with E-state index in [9.17, 15) is 18.8 Å². The molecule has 3 rings (SSSR count). The Morgan fingerprint density at radius 1 is 1.11 bits per heavy atom. The molecule has 1 heterocycles. The van der Waals surface area contributed by atoms with Crippen molar-refractivity contribution in [1.82, 2.24) is 4.90 Å². The number of imide groups is 1. The largest absolute Gasteiger partial charge is 0.323 e. The number of rotatable bonds is 5. The summed E-state index contributed by atoms with van der Waals surface area (Å²) < 4.78 is 13.1. The number of hydrogen-bond acceptors (Lipinski definition) is 3. The second kappa shape index (κ2) is 7.83. The molecule has 1 saturated heterocycles. The Morgan fingerprint density at radius 2 is 1.78 bits per heavy atom. The molecule has 0 unspecified atom stereocenters. The van der Waals surface area contributed by atoms with Crippen LogP contribution in [0.3, 0.4) is 0 Å². The lowest BCUT2D eigenvalue weighted by atomic mass is 10.1. The smallest absolute Gasteiger partial charge is 0.255 e. The Bertz CT molecular complexity index is 915. The lowest BCUT2D eigenvalue weighted by molar-refractivity contribution is -0.121. The SMILES string of the molecule is C#CCN(Cc1ccc(F)cc1)C(=O)c1cccc(N2C(=O)CCC2=O)c1. The molecule has 0 atom stereocenters. The lowest BCUT2D eigenvalue weighted by Crippen LogP contribution is -2.32. The summed E-state index contributed by atoms with van der Waals surface area (Å²) in [4.78, 5) is 39.3. The van der Waals surface area contributed by atoms with Gasteiger partial charge in [-0.25, -0.2) is 4.39 Å². The number of carbonyl (C=O) groups excluding carboxylic acids is 3. The fourth-order valence-electron chi connectivity index (χ4n) is 2.95. The van der Waals surface area contributed by atoms with Crippen LogP contribution >= 0.6 is 0 Å². The van der Waals surface area contributed by atoms with Crippen LogP contribution in [0.25, 0.3) is 0 Å². The molecule has 1 aliphatic heterocycles. The van der Waals surface area contributed by atoms with Crippen LogP contribution in [0.5, 0.6) is 0 Å². The number of anilines is 1. The van der Waals surface area contributed by atoms with Crippen molar-refractivity contribution in [2.24, 2.45) is 0 Å². The molecule has 0 N–H and O–H groups in total. The quantitative estimate of drug-likeness (QED) is 0.606. The van der Waals surface area contributed by atoms with E-state index in [0.717, 1.165) is 10.5 Å². The molecule has 27 heavy (non-hydrogen) atoms. The number of terminal acetylenes is 1. The van der Waals surface area contributed by atoms with Crippen LogP contribution in [0.2, 0.25) is 0 Å². The molecular weight excluding hydrogens is 347 g/mol. The van der Waals surface area contributed by atoms with Crippen LogP contribution < -0.4 is 4.90 Å². The van der Waals surface area contributed by atoms with Gasteiger partial charge in [0.25, 0.3) is 5.91 Å². The lowest BCUT2D eigenvalue weighted by Gasteiger charge is -2.21. The first-order valence-corrected chi connectivity index (χ1v) is 8.42. The Morgan fingerprint density at radius 3 is 2.41 bits per heavy atom. The topological polar surface area (TPSA) is 57.7 Å². The van der Waals surface area contributed by atoms with Gasteiger partial charge < -0.3 is 4.90 Å². The molecule has 0 aromatic heterocycles. The van der Waals surface area contributed by atoms with Crippen molar-refractivity contribution in [2.75, 3.05) is 11.4 Å². The number of carbonyl (C=O) groups is 3. The van der Waals surface area contributed by atoms with Gasteiger partial charge in [-0.1, -0.05) is 24.1 Å². The molecule has 0 aliphatic carbocycles. The number of benzene rings is 2. The van der Waals surface area contributed by atoms with Gasteiger partial charge in [0.2, 0.25) is 11.8 Å². The standard InChI is InChI=1S/C21H17FN2O3/c1-2-12-23(14-15-6-8-17(22)9-7-15)21(27)16-4-3-5-18(13-16)24-19(25)10-11-20(24)26/h1,3-9,13H,10-12,14H2. The van der Waals surface area contributed by atoms with E-state index in [1.807, 2.05) is 0 Å². The molecule has 1 aliphatic rings. The van der Waals surface area contributed by atoms with Crippen LogP contribution in [-0.2, 0) is 16.1 Å². The molecule has 0 bridgehead atoms. The average molecular weight is 364 g/mol.